The SMILES string of the molecule is CN=C(NCCCN1CCCN(C)CC1)NCC(C)Oc1ccccc1OC. The Hall–Kier alpha value is -1.99. The van der Waals surface area contributed by atoms with Crippen molar-refractivity contribution >= 4 is 5.96 Å². The van der Waals surface area contributed by atoms with Gasteiger partial charge in [0.05, 0.1) is 13.7 Å². The number of aliphatic imine (C=N–C) groups is 1. The zero-order chi connectivity index (χ0) is 20.2. The van der Waals surface area contributed by atoms with Gasteiger partial charge in [0.1, 0.15) is 6.10 Å². The van der Waals surface area contributed by atoms with Gasteiger partial charge in [-0.2, -0.15) is 0 Å². The van der Waals surface area contributed by atoms with Crippen LogP contribution in [-0.4, -0.2) is 88.9 Å². The van der Waals surface area contributed by atoms with Gasteiger partial charge in [0, 0.05) is 26.7 Å². The molecule has 28 heavy (non-hydrogen) atoms. The van der Waals surface area contributed by atoms with E-state index in [1.807, 2.05) is 31.2 Å². The smallest absolute Gasteiger partial charge is 0.191 e. The van der Waals surface area contributed by atoms with Crippen molar-refractivity contribution in [2.24, 2.45) is 4.99 Å². The first kappa shape index (κ1) is 22.3. The van der Waals surface area contributed by atoms with E-state index in [4.69, 9.17) is 9.47 Å². The molecule has 1 aliphatic rings. The Morgan fingerprint density at radius 3 is 2.68 bits per heavy atom. The number of hydrogen-bond acceptors (Lipinski definition) is 5. The Kier molecular flexibility index (Phi) is 9.93. The van der Waals surface area contributed by atoms with Crippen molar-refractivity contribution < 1.29 is 9.47 Å². The topological polar surface area (TPSA) is 61.4 Å². The maximum absolute atomic E-state index is 5.98. The number of nitrogens with one attached hydrogen (secondary N) is 2. The summed E-state index contributed by atoms with van der Waals surface area (Å²) in [5.74, 6) is 2.31. The molecule has 0 aromatic heterocycles. The minimum absolute atomic E-state index is 0.0102. The fourth-order valence-electron chi connectivity index (χ4n) is 3.27. The molecule has 7 nitrogen and oxygen atoms in total. The minimum atomic E-state index is -0.0102. The lowest BCUT2D eigenvalue weighted by Gasteiger charge is -2.21. The molecule has 0 bridgehead atoms. The molecule has 2 N–H and O–H groups in total. The molecule has 0 spiro atoms. The van der Waals surface area contributed by atoms with Crippen molar-refractivity contribution in [1.29, 1.82) is 0 Å². The predicted octanol–water partition coefficient (Wildman–Crippen LogP) is 1.66. The predicted molar refractivity (Wildman–Crippen MR) is 116 cm³/mol. The first-order valence-electron chi connectivity index (χ1n) is 10.3. The van der Waals surface area contributed by atoms with Crippen LogP contribution >= 0.6 is 0 Å². The number of benzene rings is 1. The molecule has 0 amide bonds. The summed E-state index contributed by atoms with van der Waals surface area (Å²) in [6.07, 6.45) is 2.36. The number of nitrogens with zero attached hydrogens (tertiary/aromatic N) is 3. The maximum Gasteiger partial charge on any atom is 0.191 e. The van der Waals surface area contributed by atoms with Crippen LogP contribution in [0, 0.1) is 0 Å². The van der Waals surface area contributed by atoms with E-state index in [2.05, 4.69) is 32.5 Å². The highest BCUT2D eigenvalue weighted by Crippen LogP contribution is 2.26. The third kappa shape index (κ3) is 7.94. The number of guanidine groups is 1. The van der Waals surface area contributed by atoms with Crippen LogP contribution in [0.4, 0.5) is 0 Å². The quantitative estimate of drug-likeness (QED) is 0.379. The second-order valence-electron chi connectivity index (χ2n) is 7.31. The first-order chi connectivity index (χ1) is 13.6. The number of rotatable bonds is 9. The highest BCUT2D eigenvalue weighted by Gasteiger charge is 2.12. The molecular formula is C21H37N5O2. The third-order valence-corrected chi connectivity index (χ3v) is 4.93. The van der Waals surface area contributed by atoms with Gasteiger partial charge in [-0.15, -0.1) is 0 Å². The lowest BCUT2D eigenvalue weighted by atomic mass is 10.3. The van der Waals surface area contributed by atoms with Crippen LogP contribution in [0.1, 0.15) is 19.8 Å². The van der Waals surface area contributed by atoms with E-state index in [-0.39, 0.29) is 6.10 Å². The fourth-order valence-corrected chi connectivity index (χ4v) is 3.27. The molecule has 1 aromatic carbocycles. The van der Waals surface area contributed by atoms with Crippen molar-refractivity contribution in [2.75, 3.05) is 67.0 Å². The van der Waals surface area contributed by atoms with Crippen LogP contribution in [0.2, 0.25) is 0 Å². The average Bonchev–Trinajstić information content (AvgIpc) is 2.92. The third-order valence-electron chi connectivity index (χ3n) is 4.93. The Bertz CT molecular complexity index is 596. The van der Waals surface area contributed by atoms with E-state index < -0.39 is 0 Å². The zero-order valence-electron chi connectivity index (χ0n) is 17.9. The standard InChI is InChI=1S/C21H37N5O2/c1-18(28-20-10-6-5-9-19(20)27-4)17-24-21(22-2)23-11-7-13-26-14-8-12-25(3)15-16-26/h5-6,9-10,18H,7-8,11-17H2,1-4H3,(H2,22,23,24). The van der Waals surface area contributed by atoms with Gasteiger partial charge in [-0.1, -0.05) is 12.1 Å². The highest BCUT2D eigenvalue weighted by molar-refractivity contribution is 5.79. The molecule has 7 heteroatoms. The van der Waals surface area contributed by atoms with E-state index in [9.17, 15) is 0 Å². The molecule has 1 fully saturated rings. The maximum atomic E-state index is 5.98. The van der Waals surface area contributed by atoms with E-state index in [0.29, 0.717) is 6.54 Å². The van der Waals surface area contributed by atoms with Crippen LogP contribution in [0.5, 0.6) is 11.5 Å². The lowest BCUT2D eigenvalue weighted by Crippen LogP contribution is -2.42. The molecule has 0 radical (unpaired) electrons. The summed E-state index contributed by atoms with van der Waals surface area (Å²) < 4.78 is 11.3. The van der Waals surface area contributed by atoms with Gasteiger partial charge in [0.25, 0.3) is 0 Å². The van der Waals surface area contributed by atoms with Gasteiger partial charge >= 0.3 is 0 Å². The Morgan fingerprint density at radius 1 is 1.14 bits per heavy atom. The minimum Gasteiger partial charge on any atom is -0.493 e. The molecule has 2 rings (SSSR count). The van der Waals surface area contributed by atoms with Crippen LogP contribution in [0.15, 0.2) is 29.3 Å². The van der Waals surface area contributed by atoms with Gasteiger partial charge in [0.15, 0.2) is 17.5 Å². The molecule has 158 valence electrons. The molecule has 0 aliphatic carbocycles. The number of hydrogen-bond donors (Lipinski definition) is 2. The molecule has 1 unspecified atom stereocenters. The fraction of sp³-hybridized carbons (Fsp3) is 0.667. The summed E-state index contributed by atoms with van der Waals surface area (Å²) in [7, 11) is 5.66. The summed E-state index contributed by atoms with van der Waals surface area (Å²) in [4.78, 5) is 9.28. The summed E-state index contributed by atoms with van der Waals surface area (Å²) in [6, 6.07) is 7.70. The van der Waals surface area contributed by atoms with E-state index in [1.54, 1.807) is 14.2 Å². The highest BCUT2D eigenvalue weighted by atomic mass is 16.5. The lowest BCUT2D eigenvalue weighted by molar-refractivity contribution is 0.213. The molecule has 0 saturated carbocycles. The van der Waals surface area contributed by atoms with Gasteiger partial charge in [-0.05, 0) is 58.6 Å². The average molecular weight is 392 g/mol. The molecule has 1 heterocycles. The first-order valence-corrected chi connectivity index (χ1v) is 10.3. The van der Waals surface area contributed by atoms with Crippen molar-refractivity contribution in [3.8, 4) is 11.5 Å². The van der Waals surface area contributed by atoms with Crippen molar-refractivity contribution in [3.63, 3.8) is 0 Å². The normalized spacial score (nSPS) is 17.6. The second-order valence-corrected chi connectivity index (χ2v) is 7.31. The van der Waals surface area contributed by atoms with Crippen LogP contribution in [0.25, 0.3) is 0 Å². The monoisotopic (exact) mass is 391 g/mol. The van der Waals surface area contributed by atoms with Crippen LogP contribution in [-0.2, 0) is 0 Å². The Labute approximate surface area is 170 Å². The molecule has 1 aliphatic heterocycles. The molecule has 1 atom stereocenters. The Morgan fingerprint density at radius 2 is 1.93 bits per heavy atom. The van der Waals surface area contributed by atoms with Crippen molar-refractivity contribution in [3.05, 3.63) is 24.3 Å². The van der Waals surface area contributed by atoms with Gasteiger partial charge < -0.3 is 29.9 Å². The van der Waals surface area contributed by atoms with Gasteiger partial charge in [0.2, 0.25) is 0 Å². The summed E-state index contributed by atoms with van der Waals surface area (Å²) in [6.45, 7) is 9.48. The van der Waals surface area contributed by atoms with E-state index >= 15 is 0 Å². The van der Waals surface area contributed by atoms with Crippen molar-refractivity contribution in [2.45, 2.75) is 25.9 Å². The number of methoxy groups -OCH3 is 1. The number of likely N-dealkylation sites (N-methyl/N-ethyl adjacent to an activating group) is 1. The summed E-state index contributed by atoms with van der Waals surface area (Å²) >= 11 is 0. The second kappa shape index (κ2) is 12.5. The van der Waals surface area contributed by atoms with Crippen molar-refractivity contribution in [1.82, 2.24) is 20.4 Å². The largest absolute Gasteiger partial charge is 0.493 e. The number of para-hydroxylation sites is 2. The van der Waals surface area contributed by atoms with Gasteiger partial charge in [-0.3, -0.25) is 4.99 Å². The number of ether oxygens (including phenoxy) is 2. The Balaban J connectivity index is 1.64. The molecular weight excluding hydrogens is 354 g/mol. The summed E-state index contributed by atoms with van der Waals surface area (Å²) in [5, 5.41) is 6.73. The van der Waals surface area contributed by atoms with Gasteiger partial charge in [-0.25, -0.2) is 0 Å². The molecule has 1 saturated heterocycles. The zero-order valence-corrected chi connectivity index (χ0v) is 17.9. The summed E-state index contributed by atoms with van der Waals surface area (Å²) in [5.41, 5.74) is 0. The molecule has 1 aromatic rings. The van der Waals surface area contributed by atoms with Crippen LogP contribution < -0.4 is 20.1 Å². The van der Waals surface area contributed by atoms with Crippen LogP contribution in [0.3, 0.4) is 0 Å². The van der Waals surface area contributed by atoms with E-state index in [1.165, 1.54) is 32.6 Å². The van der Waals surface area contributed by atoms with E-state index in [0.717, 1.165) is 37.0 Å².